The van der Waals surface area contributed by atoms with E-state index in [1.165, 1.54) is 0 Å². The number of aliphatic carboxylic acids is 4. The summed E-state index contributed by atoms with van der Waals surface area (Å²) in [6.45, 7) is 3.25. The predicted octanol–water partition coefficient (Wildman–Crippen LogP) is 0.984. The van der Waals surface area contributed by atoms with Crippen LogP contribution in [0.15, 0.2) is 23.3 Å². The summed E-state index contributed by atoms with van der Waals surface area (Å²) in [6, 6.07) is 0. The van der Waals surface area contributed by atoms with Crippen molar-refractivity contribution >= 4 is 23.9 Å². The Labute approximate surface area is 114 Å². The molecule has 0 spiro atoms. The molecule has 0 atom stereocenters. The average Bonchev–Trinajstić information content (AvgIpc) is 2.32. The second-order valence-electron chi connectivity index (χ2n) is 3.28. The monoisotopic (exact) mass is 288 g/mol. The lowest BCUT2D eigenvalue weighted by molar-refractivity contribution is -0.136. The zero-order valence-corrected chi connectivity index (χ0v) is 11.0. The number of hydrogen-bond acceptors (Lipinski definition) is 4. The van der Waals surface area contributed by atoms with E-state index in [2.05, 4.69) is 0 Å². The average molecular weight is 288 g/mol. The first kappa shape index (κ1) is 19.7. The minimum Gasteiger partial charge on any atom is -0.478 e. The summed E-state index contributed by atoms with van der Waals surface area (Å²) in [6.07, 6.45) is 1.60. The van der Waals surface area contributed by atoms with Crippen LogP contribution < -0.4 is 0 Å². The first-order chi connectivity index (χ1) is 9.17. The lowest BCUT2D eigenvalue weighted by atomic mass is 10.0. The van der Waals surface area contributed by atoms with E-state index in [0.29, 0.717) is 12.2 Å². The zero-order valence-electron chi connectivity index (χ0n) is 11.0. The van der Waals surface area contributed by atoms with E-state index in [9.17, 15) is 19.2 Å². The normalized spacial score (nSPS) is 11.1. The Bertz CT molecular complexity index is 404. The molecule has 0 aromatic carbocycles. The van der Waals surface area contributed by atoms with E-state index in [0.717, 1.165) is 0 Å². The molecule has 0 aromatic heterocycles. The highest BCUT2D eigenvalue weighted by molar-refractivity contribution is 5.98. The molecule has 8 heteroatoms. The number of rotatable bonds is 6. The Morgan fingerprint density at radius 3 is 1.05 bits per heavy atom. The summed E-state index contributed by atoms with van der Waals surface area (Å²) in [7, 11) is 0. The molecule has 0 unspecified atom stereocenters. The lowest BCUT2D eigenvalue weighted by Crippen LogP contribution is -2.10. The highest BCUT2D eigenvalue weighted by atomic mass is 16.4. The molecule has 0 fully saturated rings. The fourth-order valence-electron chi connectivity index (χ4n) is 1.13. The van der Waals surface area contributed by atoms with E-state index in [4.69, 9.17) is 20.4 Å². The molecule has 112 valence electrons. The van der Waals surface area contributed by atoms with Gasteiger partial charge in [0.25, 0.3) is 0 Å². The van der Waals surface area contributed by atoms with E-state index >= 15 is 0 Å². The van der Waals surface area contributed by atoms with E-state index in [1.807, 2.05) is 0 Å². The van der Waals surface area contributed by atoms with Gasteiger partial charge in [0.2, 0.25) is 0 Å². The number of hydrogen-bond donors (Lipinski definition) is 4. The van der Waals surface area contributed by atoms with Crippen LogP contribution in [0.1, 0.15) is 26.7 Å². The highest BCUT2D eigenvalue weighted by Gasteiger charge is 2.16. The number of carboxylic acids is 4. The molecule has 0 heterocycles. The van der Waals surface area contributed by atoms with Crippen LogP contribution in [0.4, 0.5) is 0 Å². The molecule has 0 aliphatic rings. The molecule has 0 rings (SSSR count). The summed E-state index contributed by atoms with van der Waals surface area (Å²) >= 11 is 0. The highest BCUT2D eigenvalue weighted by Crippen LogP contribution is 2.12. The van der Waals surface area contributed by atoms with E-state index < -0.39 is 23.9 Å². The fourth-order valence-corrected chi connectivity index (χ4v) is 1.13. The summed E-state index contributed by atoms with van der Waals surface area (Å²) in [5, 5.41) is 32.8. The Morgan fingerprint density at radius 1 is 0.700 bits per heavy atom. The predicted molar refractivity (Wildman–Crippen MR) is 67.3 cm³/mol. The van der Waals surface area contributed by atoms with Gasteiger partial charge in [-0.15, -0.1) is 0 Å². The van der Waals surface area contributed by atoms with Crippen molar-refractivity contribution in [3.63, 3.8) is 0 Å². The van der Waals surface area contributed by atoms with Gasteiger partial charge in [-0.05, 0) is 12.8 Å². The molecule has 0 amide bonds. The van der Waals surface area contributed by atoms with Crippen LogP contribution in [0.3, 0.4) is 0 Å². The van der Waals surface area contributed by atoms with Crippen molar-refractivity contribution in [2.75, 3.05) is 0 Å². The minimum absolute atomic E-state index is 0.00926. The van der Waals surface area contributed by atoms with Crippen molar-refractivity contribution < 1.29 is 39.6 Å². The molecule has 8 nitrogen and oxygen atoms in total. The van der Waals surface area contributed by atoms with Gasteiger partial charge >= 0.3 is 23.9 Å². The fraction of sp³-hybridized carbons (Fsp3) is 0.333. The maximum atomic E-state index is 10.5. The molecule has 20 heavy (non-hydrogen) atoms. The Kier molecular flexibility index (Phi) is 10.1. The van der Waals surface area contributed by atoms with Crippen LogP contribution in [-0.2, 0) is 19.2 Å². The molecule has 0 aliphatic carbocycles. The quantitative estimate of drug-likeness (QED) is 0.528. The Morgan fingerprint density at radius 2 is 0.950 bits per heavy atom. The van der Waals surface area contributed by atoms with Gasteiger partial charge in [0, 0.05) is 23.3 Å². The Hall–Kier alpha value is -2.64. The van der Waals surface area contributed by atoms with Gasteiger partial charge in [-0.2, -0.15) is 0 Å². The van der Waals surface area contributed by atoms with Gasteiger partial charge in [-0.3, -0.25) is 0 Å². The topological polar surface area (TPSA) is 149 Å². The summed E-state index contributed by atoms with van der Waals surface area (Å²) in [5.41, 5.74) is -0.0185. The molecule has 0 aromatic rings. The summed E-state index contributed by atoms with van der Waals surface area (Å²) < 4.78 is 0. The molecule has 4 N–H and O–H groups in total. The van der Waals surface area contributed by atoms with E-state index in [-0.39, 0.29) is 24.0 Å². The second kappa shape index (κ2) is 10.3. The number of carbonyl (C=O) groups is 4. The van der Waals surface area contributed by atoms with Gasteiger partial charge in [0.1, 0.15) is 0 Å². The zero-order chi connectivity index (χ0) is 16.3. The Balaban J connectivity index is 0. The van der Waals surface area contributed by atoms with Gasteiger partial charge in [0.05, 0.1) is 0 Å². The third-order valence-electron chi connectivity index (χ3n) is 1.96. The van der Waals surface area contributed by atoms with Crippen LogP contribution in [0.25, 0.3) is 0 Å². The number of carboxylic acid groups (broad SMARTS) is 4. The molecule has 0 bridgehead atoms. The maximum Gasteiger partial charge on any atom is 0.332 e. The minimum atomic E-state index is -1.26. The third-order valence-corrected chi connectivity index (χ3v) is 1.96. The molecular weight excluding hydrogens is 272 g/mol. The molecular formula is C12H16O8. The van der Waals surface area contributed by atoms with Crippen LogP contribution in [0.5, 0.6) is 0 Å². The van der Waals surface area contributed by atoms with Gasteiger partial charge in [0.15, 0.2) is 0 Å². The van der Waals surface area contributed by atoms with Crippen molar-refractivity contribution in [1.82, 2.24) is 0 Å². The van der Waals surface area contributed by atoms with Crippen LogP contribution in [0.2, 0.25) is 0 Å². The second-order valence-corrected chi connectivity index (χ2v) is 3.28. The SMILES string of the molecule is CC/C(C(=O)O)=C(\CC)C(=O)O.O=C(O)C=CC(=O)O. The largest absolute Gasteiger partial charge is 0.478 e. The van der Waals surface area contributed by atoms with Crippen LogP contribution in [-0.4, -0.2) is 44.3 Å². The first-order valence-electron chi connectivity index (χ1n) is 5.49. The molecule has 0 saturated carbocycles. The van der Waals surface area contributed by atoms with Crippen molar-refractivity contribution in [3.8, 4) is 0 Å². The van der Waals surface area contributed by atoms with Gasteiger partial charge in [-0.1, -0.05) is 13.8 Å². The van der Waals surface area contributed by atoms with Gasteiger partial charge in [-0.25, -0.2) is 19.2 Å². The summed E-state index contributed by atoms with van der Waals surface area (Å²) in [5.74, 6) is -4.80. The molecule has 0 radical (unpaired) electrons. The summed E-state index contributed by atoms with van der Waals surface area (Å²) in [4.78, 5) is 40.1. The van der Waals surface area contributed by atoms with E-state index in [1.54, 1.807) is 13.8 Å². The third kappa shape index (κ3) is 9.40. The van der Waals surface area contributed by atoms with Crippen LogP contribution in [0, 0.1) is 0 Å². The van der Waals surface area contributed by atoms with Gasteiger partial charge < -0.3 is 20.4 Å². The van der Waals surface area contributed by atoms with Crippen molar-refractivity contribution in [3.05, 3.63) is 23.3 Å². The van der Waals surface area contributed by atoms with Crippen molar-refractivity contribution in [2.24, 2.45) is 0 Å². The standard InChI is InChI=1S/C8H12O4.C4H4O4/c1-3-5(7(9)10)6(4-2)8(11)12;5-3(6)1-2-4(7)8/h3-4H2,1-2H3,(H,9,10)(H,11,12);1-2H,(H,5,6)(H,7,8)/b6-5-;. The lowest BCUT2D eigenvalue weighted by Gasteiger charge is -2.03. The van der Waals surface area contributed by atoms with Crippen molar-refractivity contribution in [2.45, 2.75) is 26.7 Å². The van der Waals surface area contributed by atoms with Crippen molar-refractivity contribution in [1.29, 1.82) is 0 Å². The smallest absolute Gasteiger partial charge is 0.332 e. The molecule has 0 saturated heterocycles. The maximum absolute atomic E-state index is 10.5. The van der Waals surface area contributed by atoms with Crippen LogP contribution >= 0.6 is 0 Å². The first-order valence-corrected chi connectivity index (χ1v) is 5.49. The molecule has 0 aliphatic heterocycles.